The number of carbonyl (C=O) groups is 1. The van der Waals surface area contributed by atoms with Crippen molar-refractivity contribution in [3.63, 3.8) is 0 Å². The predicted molar refractivity (Wildman–Crippen MR) is 78.5 cm³/mol. The van der Waals surface area contributed by atoms with Crippen LogP contribution >= 0.6 is 0 Å². The lowest BCUT2D eigenvalue weighted by Gasteiger charge is -2.12. The van der Waals surface area contributed by atoms with Crippen molar-refractivity contribution >= 4 is 12.0 Å². The Morgan fingerprint density at radius 1 is 1.00 bits per heavy atom. The lowest BCUT2D eigenvalue weighted by Crippen LogP contribution is -2.05. The van der Waals surface area contributed by atoms with E-state index in [1.807, 2.05) is 13.8 Å². The number of rotatable bonds is 5. The van der Waals surface area contributed by atoms with Crippen molar-refractivity contribution in [3.05, 3.63) is 48.0 Å². The third kappa shape index (κ3) is 3.75. The van der Waals surface area contributed by atoms with Gasteiger partial charge in [-0.15, -0.1) is 0 Å². The number of hydrogen-bond donors (Lipinski definition) is 1. The zero-order valence-corrected chi connectivity index (χ0v) is 11.5. The molecule has 20 heavy (non-hydrogen) atoms. The zero-order chi connectivity index (χ0) is 14.5. The minimum Gasteiger partial charge on any atom is -0.491 e. The Kier molecular flexibility index (Phi) is 4.25. The quantitative estimate of drug-likeness (QED) is 0.666. The normalized spacial score (nSPS) is 10.3. The van der Waals surface area contributed by atoms with Gasteiger partial charge in [-0.2, -0.15) is 0 Å². The number of anilines is 1. The summed E-state index contributed by atoms with van der Waals surface area (Å²) < 4.78 is 11.3. The van der Waals surface area contributed by atoms with E-state index in [1.54, 1.807) is 42.5 Å². The minimum absolute atomic E-state index is 0.0290. The second-order valence-corrected chi connectivity index (χ2v) is 4.69. The Labute approximate surface area is 118 Å². The molecule has 0 heterocycles. The van der Waals surface area contributed by atoms with Crippen molar-refractivity contribution in [1.29, 1.82) is 0 Å². The van der Waals surface area contributed by atoms with Gasteiger partial charge >= 0.3 is 0 Å². The standard InChI is InChI=1S/C16H17NO3/c1-11(2)19-15-7-12(10-18)8-16(9-15)20-14-5-3-13(17)4-6-14/h3-11H,17H2,1-2H3. The highest BCUT2D eigenvalue weighted by Gasteiger charge is 2.05. The lowest BCUT2D eigenvalue weighted by atomic mass is 10.2. The molecular weight excluding hydrogens is 254 g/mol. The van der Waals surface area contributed by atoms with E-state index in [1.165, 1.54) is 0 Å². The van der Waals surface area contributed by atoms with Crippen LogP contribution in [-0.4, -0.2) is 12.4 Å². The van der Waals surface area contributed by atoms with E-state index < -0.39 is 0 Å². The number of nitrogens with two attached hydrogens (primary N) is 1. The van der Waals surface area contributed by atoms with Crippen LogP contribution in [0.4, 0.5) is 5.69 Å². The second kappa shape index (κ2) is 6.10. The molecule has 0 aliphatic carbocycles. The van der Waals surface area contributed by atoms with Gasteiger partial charge in [0.25, 0.3) is 0 Å². The summed E-state index contributed by atoms with van der Waals surface area (Å²) in [6.07, 6.45) is 0.796. The van der Waals surface area contributed by atoms with Crippen LogP contribution in [0.2, 0.25) is 0 Å². The van der Waals surface area contributed by atoms with E-state index in [4.69, 9.17) is 15.2 Å². The van der Waals surface area contributed by atoms with E-state index in [2.05, 4.69) is 0 Å². The minimum atomic E-state index is 0.0290. The monoisotopic (exact) mass is 271 g/mol. The van der Waals surface area contributed by atoms with Gasteiger partial charge in [-0.1, -0.05) is 0 Å². The molecule has 0 aromatic heterocycles. The van der Waals surface area contributed by atoms with Gasteiger partial charge in [0.05, 0.1) is 6.10 Å². The van der Waals surface area contributed by atoms with Gasteiger partial charge in [0.15, 0.2) is 0 Å². The molecule has 0 radical (unpaired) electrons. The maximum Gasteiger partial charge on any atom is 0.150 e. The molecular formula is C16H17NO3. The lowest BCUT2D eigenvalue weighted by molar-refractivity contribution is 0.112. The highest BCUT2D eigenvalue weighted by atomic mass is 16.5. The highest BCUT2D eigenvalue weighted by molar-refractivity contribution is 5.76. The van der Waals surface area contributed by atoms with Crippen LogP contribution in [-0.2, 0) is 0 Å². The molecule has 0 aliphatic heterocycles. The number of carbonyl (C=O) groups excluding carboxylic acids is 1. The van der Waals surface area contributed by atoms with Gasteiger partial charge in [-0.05, 0) is 50.2 Å². The zero-order valence-electron chi connectivity index (χ0n) is 11.5. The summed E-state index contributed by atoms with van der Waals surface area (Å²) in [6.45, 7) is 3.85. The van der Waals surface area contributed by atoms with Crippen molar-refractivity contribution in [2.75, 3.05) is 5.73 Å². The molecule has 0 bridgehead atoms. The summed E-state index contributed by atoms with van der Waals surface area (Å²) in [6, 6.07) is 12.1. The van der Waals surface area contributed by atoms with Gasteiger partial charge in [-0.25, -0.2) is 0 Å². The third-order valence-electron chi connectivity index (χ3n) is 2.53. The van der Waals surface area contributed by atoms with Gasteiger partial charge in [0.1, 0.15) is 23.5 Å². The van der Waals surface area contributed by atoms with Crippen molar-refractivity contribution < 1.29 is 14.3 Å². The number of nitrogen functional groups attached to an aromatic ring is 1. The molecule has 2 rings (SSSR count). The van der Waals surface area contributed by atoms with E-state index in [0.29, 0.717) is 28.5 Å². The summed E-state index contributed by atoms with van der Waals surface area (Å²) in [5.41, 5.74) is 6.80. The van der Waals surface area contributed by atoms with Crippen LogP contribution in [0.1, 0.15) is 24.2 Å². The number of ether oxygens (including phenoxy) is 2. The smallest absolute Gasteiger partial charge is 0.150 e. The molecule has 0 aliphatic rings. The molecule has 104 valence electrons. The molecule has 0 unspecified atom stereocenters. The van der Waals surface area contributed by atoms with Crippen molar-refractivity contribution in [1.82, 2.24) is 0 Å². The van der Waals surface area contributed by atoms with Crippen LogP contribution < -0.4 is 15.2 Å². The second-order valence-electron chi connectivity index (χ2n) is 4.69. The fraction of sp³-hybridized carbons (Fsp3) is 0.188. The fourth-order valence-corrected chi connectivity index (χ4v) is 1.73. The Balaban J connectivity index is 2.25. The molecule has 2 N–H and O–H groups in total. The number of hydrogen-bond acceptors (Lipinski definition) is 4. The summed E-state index contributed by atoms with van der Waals surface area (Å²) in [5, 5.41) is 0. The van der Waals surface area contributed by atoms with Gasteiger partial charge < -0.3 is 15.2 Å². The maximum atomic E-state index is 11.0. The van der Waals surface area contributed by atoms with E-state index >= 15 is 0 Å². The van der Waals surface area contributed by atoms with Gasteiger partial charge in [0.2, 0.25) is 0 Å². The molecule has 0 amide bonds. The summed E-state index contributed by atoms with van der Waals surface area (Å²) in [5.74, 6) is 1.81. The van der Waals surface area contributed by atoms with Crippen LogP contribution in [0.15, 0.2) is 42.5 Å². The molecule has 2 aromatic rings. The Hall–Kier alpha value is -2.49. The first kappa shape index (κ1) is 13.9. The highest BCUT2D eigenvalue weighted by Crippen LogP contribution is 2.28. The molecule has 4 nitrogen and oxygen atoms in total. The van der Waals surface area contributed by atoms with Crippen LogP contribution in [0, 0.1) is 0 Å². The fourth-order valence-electron chi connectivity index (χ4n) is 1.73. The van der Waals surface area contributed by atoms with Crippen molar-refractivity contribution in [2.45, 2.75) is 20.0 Å². The van der Waals surface area contributed by atoms with E-state index in [0.717, 1.165) is 6.29 Å². The van der Waals surface area contributed by atoms with Crippen molar-refractivity contribution in [3.8, 4) is 17.2 Å². The Bertz CT molecular complexity index is 591. The molecule has 0 fully saturated rings. The predicted octanol–water partition coefficient (Wildman–Crippen LogP) is 3.66. The average Bonchev–Trinajstić information content (AvgIpc) is 2.40. The Morgan fingerprint density at radius 3 is 2.25 bits per heavy atom. The summed E-state index contributed by atoms with van der Waals surface area (Å²) in [7, 11) is 0. The molecule has 0 saturated heterocycles. The average molecular weight is 271 g/mol. The molecule has 2 aromatic carbocycles. The molecule has 0 atom stereocenters. The summed E-state index contributed by atoms with van der Waals surface area (Å²) in [4.78, 5) is 11.0. The molecule has 0 spiro atoms. The van der Waals surface area contributed by atoms with Crippen LogP contribution in [0.25, 0.3) is 0 Å². The Morgan fingerprint density at radius 2 is 1.65 bits per heavy atom. The first-order chi connectivity index (χ1) is 9.56. The maximum absolute atomic E-state index is 11.0. The SMILES string of the molecule is CC(C)Oc1cc(C=O)cc(Oc2ccc(N)cc2)c1. The van der Waals surface area contributed by atoms with Gasteiger partial charge in [-0.3, -0.25) is 4.79 Å². The topological polar surface area (TPSA) is 61.5 Å². The van der Waals surface area contributed by atoms with E-state index in [-0.39, 0.29) is 6.10 Å². The van der Waals surface area contributed by atoms with Crippen LogP contribution in [0.3, 0.4) is 0 Å². The number of aldehydes is 1. The van der Waals surface area contributed by atoms with Crippen molar-refractivity contribution in [2.24, 2.45) is 0 Å². The molecule has 0 saturated carbocycles. The largest absolute Gasteiger partial charge is 0.491 e. The van der Waals surface area contributed by atoms with Crippen LogP contribution in [0.5, 0.6) is 17.2 Å². The van der Waals surface area contributed by atoms with Gasteiger partial charge in [0, 0.05) is 17.3 Å². The summed E-state index contributed by atoms with van der Waals surface area (Å²) >= 11 is 0. The number of benzene rings is 2. The first-order valence-electron chi connectivity index (χ1n) is 6.37. The first-order valence-corrected chi connectivity index (χ1v) is 6.37. The molecule has 4 heteroatoms. The van der Waals surface area contributed by atoms with E-state index in [9.17, 15) is 4.79 Å². The third-order valence-corrected chi connectivity index (χ3v) is 2.53.